The number of nitrogens with two attached hydrogens (primary N) is 1. The average molecular weight is 224 g/mol. The zero-order chi connectivity index (χ0) is 12.7. The van der Waals surface area contributed by atoms with E-state index in [0.29, 0.717) is 5.92 Å². The highest BCUT2D eigenvalue weighted by Crippen LogP contribution is 2.19. The Bertz CT molecular complexity index is 264. The van der Waals surface area contributed by atoms with Crippen LogP contribution in [0.5, 0.6) is 0 Å². The monoisotopic (exact) mass is 224 g/mol. The Morgan fingerprint density at radius 3 is 2.31 bits per heavy atom. The molecule has 0 aromatic carbocycles. The zero-order valence-corrected chi connectivity index (χ0v) is 11.8. The minimum Gasteiger partial charge on any atom is -0.399 e. The van der Waals surface area contributed by atoms with Gasteiger partial charge in [-0.3, -0.25) is 0 Å². The molecule has 0 spiro atoms. The quantitative estimate of drug-likeness (QED) is 0.702. The molecule has 16 heavy (non-hydrogen) atoms. The molecular weight excluding hydrogens is 196 g/mol. The number of nitrogens with zero attached hydrogens (tertiary/aromatic N) is 1. The van der Waals surface area contributed by atoms with Crippen LogP contribution in [0, 0.1) is 5.92 Å². The second-order valence-electron chi connectivity index (χ2n) is 4.52. The van der Waals surface area contributed by atoms with Gasteiger partial charge in [0, 0.05) is 12.2 Å². The van der Waals surface area contributed by atoms with E-state index in [1.54, 1.807) is 0 Å². The second-order valence-corrected chi connectivity index (χ2v) is 4.52. The van der Waals surface area contributed by atoms with Crippen molar-refractivity contribution in [2.24, 2.45) is 11.7 Å². The molecule has 2 heteroatoms. The molecule has 0 radical (unpaired) electrons. The largest absolute Gasteiger partial charge is 0.399 e. The van der Waals surface area contributed by atoms with Crippen LogP contribution in [0.4, 0.5) is 0 Å². The molecule has 2 N–H and O–H groups in total. The maximum absolute atomic E-state index is 6.19. The standard InChI is InChI=1S/C14H28N2/c1-7-13(8-2)14(15)12(5)11(4)10-16(6)9-3/h7,11H,8-10,15H2,1-6H3/b13-7-,14-12-. The Hall–Kier alpha value is -0.760. The van der Waals surface area contributed by atoms with Crippen LogP contribution < -0.4 is 5.73 Å². The Morgan fingerprint density at radius 2 is 1.94 bits per heavy atom. The Labute approximate surface area is 101 Å². The van der Waals surface area contributed by atoms with Crippen molar-refractivity contribution in [3.8, 4) is 0 Å². The average Bonchev–Trinajstić information content (AvgIpc) is 2.29. The van der Waals surface area contributed by atoms with Crippen molar-refractivity contribution in [3.63, 3.8) is 0 Å². The fourth-order valence-corrected chi connectivity index (χ4v) is 1.80. The van der Waals surface area contributed by atoms with E-state index in [4.69, 9.17) is 5.73 Å². The Morgan fingerprint density at radius 1 is 1.38 bits per heavy atom. The Kier molecular flexibility index (Phi) is 7.15. The first-order valence-corrected chi connectivity index (χ1v) is 6.28. The smallest absolute Gasteiger partial charge is 0.0335 e. The lowest BCUT2D eigenvalue weighted by molar-refractivity contribution is 0.317. The van der Waals surface area contributed by atoms with Gasteiger partial charge in [0.05, 0.1) is 0 Å². The van der Waals surface area contributed by atoms with Crippen LogP contribution >= 0.6 is 0 Å². The Balaban J connectivity index is 4.73. The van der Waals surface area contributed by atoms with Gasteiger partial charge in [-0.15, -0.1) is 0 Å². The van der Waals surface area contributed by atoms with Gasteiger partial charge in [-0.05, 0) is 50.9 Å². The summed E-state index contributed by atoms with van der Waals surface area (Å²) in [4.78, 5) is 2.32. The van der Waals surface area contributed by atoms with E-state index >= 15 is 0 Å². The summed E-state index contributed by atoms with van der Waals surface area (Å²) < 4.78 is 0. The van der Waals surface area contributed by atoms with Gasteiger partial charge >= 0.3 is 0 Å². The van der Waals surface area contributed by atoms with Gasteiger partial charge in [-0.2, -0.15) is 0 Å². The minimum atomic E-state index is 0.520. The summed E-state index contributed by atoms with van der Waals surface area (Å²) in [5.74, 6) is 0.520. The SMILES string of the molecule is C/C=C(CC)\C(N)=C(/C)C(C)CN(C)CC. The summed E-state index contributed by atoms with van der Waals surface area (Å²) in [6.07, 6.45) is 3.13. The molecule has 0 aromatic heterocycles. The van der Waals surface area contributed by atoms with Crippen LogP contribution in [-0.4, -0.2) is 25.0 Å². The van der Waals surface area contributed by atoms with Gasteiger partial charge in [0.2, 0.25) is 0 Å². The molecule has 0 aliphatic heterocycles. The summed E-state index contributed by atoms with van der Waals surface area (Å²) in [6.45, 7) is 12.9. The lowest BCUT2D eigenvalue weighted by atomic mass is 9.96. The third-order valence-corrected chi connectivity index (χ3v) is 3.36. The number of allylic oxidation sites excluding steroid dienone is 2. The fourth-order valence-electron chi connectivity index (χ4n) is 1.80. The molecule has 0 bridgehead atoms. The number of hydrogen-bond acceptors (Lipinski definition) is 2. The van der Waals surface area contributed by atoms with E-state index < -0.39 is 0 Å². The highest BCUT2D eigenvalue weighted by molar-refractivity contribution is 5.32. The van der Waals surface area contributed by atoms with E-state index in [0.717, 1.165) is 25.2 Å². The van der Waals surface area contributed by atoms with Gasteiger partial charge in [0.25, 0.3) is 0 Å². The van der Waals surface area contributed by atoms with Crippen molar-refractivity contribution in [2.75, 3.05) is 20.1 Å². The molecule has 94 valence electrons. The van der Waals surface area contributed by atoms with Crippen molar-refractivity contribution < 1.29 is 0 Å². The van der Waals surface area contributed by atoms with E-state index in [1.807, 2.05) is 0 Å². The topological polar surface area (TPSA) is 29.3 Å². The molecule has 2 nitrogen and oxygen atoms in total. The van der Waals surface area contributed by atoms with Gasteiger partial charge in [0.1, 0.15) is 0 Å². The maximum Gasteiger partial charge on any atom is 0.0335 e. The van der Waals surface area contributed by atoms with Crippen LogP contribution in [0.3, 0.4) is 0 Å². The van der Waals surface area contributed by atoms with E-state index in [1.165, 1.54) is 11.1 Å². The lowest BCUT2D eigenvalue weighted by Crippen LogP contribution is -2.25. The molecule has 0 aliphatic carbocycles. The first kappa shape index (κ1) is 15.2. The highest BCUT2D eigenvalue weighted by Gasteiger charge is 2.11. The normalized spacial score (nSPS) is 16.3. The number of hydrogen-bond donors (Lipinski definition) is 1. The molecule has 0 saturated heterocycles. The zero-order valence-electron chi connectivity index (χ0n) is 11.8. The molecule has 0 saturated carbocycles. The van der Waals surface area contributed by atoms with E-state index in [2.05, 4.69) is 52.6 Å². The minimum absolute atomic E-state index is 0.520. The molecule has 0 fully saturated rings. The van der Waals surface area contributed by atoms with Crippen LogP contribution in [0.2, 0.25) is 0 Å². The first-order chi connectivity index (χ1) is 7.47. The molecule has 0 rings (SSSR count). The predicted molar refractivity (Wildman–Crippen MR) is 73.3 cm³/mol. The molecule has 1 atom stereocenters. The first-order valence-electron chi connectivity index (χ1n) is 6.28. The molecule has 0 aliphatic rings. The molecule has 0 heterocycles. The second kappa shape index (κ2) is 7.50. The molecule has 1 unspecified atom stereocenters. The van der Waals surface area contributed by atoms with Gasteiger partial charge < -0.3 is 10.6 Å². The predicted octanol–water partition coefficient (Wildman–Crippen LogP) is 3.16. The van der Waals surface area contributed by atoms with Crippen LogP contribution in [0.25, 0.3) is 0 Å². The molecule has 0 amide bonds. The van der Waals surface area contributed by atoms with E-state index in [9.17, 15) is 0 Å². The number of rotatable bonds is 6. The van der Waals surface area contributed by atoms with Gasteiger partial charge in [0.15, 0.2) is 0 Å². The third kappa shape index (κ3) is 4.40. The third-order valence-electron chi connectivity index (χ3n) is 3.36. The molecular formula is C14H28N2. The van der Waals surface area contributed by atoms with Crippen LogP contribution in [-0.2, 0) is 0 Å². The molecule has 0 aromatic rings. The fraction of sp³-hybridized carbons (Fsp3) is 0.714. The van der Waals surface area contributed by atoms with Crippen molar-refractivity contribution in [2.45, 2.75) is 41.0 Å². The van der Waals surface area contributed by atoms with E-state index in [-0.39, 0.29) is 0 Å². The van der Waals surface area contributed by atoms with Crippen molar-refractivity contribution >= 4 is 0 Å². The van der Waals surface area contributed by atoms with Gasteiger partial charge in [-0.25, -0.2) is 0 Å². The summed E-state index contributed by atoms with van der Waals surface area (Å²) in [6, 6.07) is 0. The summed E-state index contributed by atoms with van der Waals surface area (Å²) in [5, 5.41) is 0. The highest BCUT2D eigenvalue weighted by atomic mass is 15.1. The van der Waals surface area contributed by atoms with Crippen molar-refractivity contribution in [1.29, 1.82) is 0 Å². The summed E-state index contributed by atoms with van der Waals surface area (Å²) in [5.41, 5.74) is 9.76. The summed E-state index contributed by atoms with van der Waals surface area (Å²) >= 11 is 0. The van der Waals surface area contributed by atoms with Gasteiger partial charge in [-0.1, -0.05) is 26.8 Å². The van der Waals surface area contributed by atoms with Crippen molar-refractivity contribution in [3.05, 3.63) is 22.9 Å². The van der Waals surface area contributed by atoms with Crippen molar-refractivity contribution in [1.82, 2.24) is 4.90 Å². The van der Waals surface area contributed by atoms with Crippen LogP contribution in [0.15, 0.2) is 22.9 Å². The summed E-state index contributed by atoms with van der Waals surface area (Å²) in [7, 11) is 2.15. The lowest BCUT2D eigenvalue weighted by Gasteiger charge is -2.22. The maximum atomic E-state index is 6.19. The van der Waals surface area contributed by atoms with Crippen LogP contribution in [0.1, 0.15) is 41.0 Å².